The maximum atomic E-state index is 13.4. The van der Waals surface area contributed by atoms with Crippen LogP contribution in [0.5, 0.6) is 11.5 Å². The molecule has 1 aromatic carbocycles. The lowest BCUT2D eigenvalue weighted by Crippen LogP contribution is -2.33. The van der Waals surface area contributed by atoms with Gasteiger partial charge in [-0.3, -0.25) is 4.79 Å². The molecule has 4 rings (SSSR count). The van der Waals surface area contributed by atoms with E-state index in [1.165, 1.54) is 34.9 Å². The Morgan fingerprint density at radius 1 is 1.24 bits per heavy atom. The average molecular weight is 475 g/mol. The predicted octanol–water partition coefficient (Wildman–Crippen LogP) is 3.77. The molecule has 1 unspecified atom stereocenters. The van der Waals surface area contributed by atoms with E-state index in [2.05, 4.69) is 10.1 Å². The van der Waals surface area contributed by atoms with Crippen molar-refractivity contribution in [3.05, 3.63) is 64.9 Å². The van der Waals surface area contributed by atoms with Gasteiger partial charge >= 0.3 is 6.18 Å². The zero-order valence-corrected chi connectivity index (χ0v) is 17.9. The summed E-state index contributed by atoms with van der Waals surface area (Å²) in [6, 6.07) is 6.92. The SMILES string of the molecule is COc1c(C#N)ccc(OC(C)C(F)(F)F)c1C(=O)N1Cc2cn(-c3ccc(F)cn3)nc2C1. The average Bonchev–Trinajstić information content (AvgIpc) is 3.37. The molecular weight excluding hydrogens is 458 g/mol. The Labute approximate surface area is 190 Å². The molecule has 0 radical (unpaired) electrons. The van der Waals surface area contributed by atoms with Gasteiger partial charge in [0.05, 0.1) is 31.1 Å². The van der Waals surface area contributed by atoms with Crippen molar-refractivity contribution in [1.29, 1.82) is 5.26 Å². The molecule has 12 heteroatoms. The molecule has 1 amide bonds. The van der Waals surface area contributed by atoms with Gasteiger partial charge in [-0.25, -0.2) is 14.1 Å². The first kappa shape index (κ1) is 23.0. The van der Waals surface area contributed by atoms with E-state index in [1.807, 2.05) is 6.07 Å². The number of amides is 1. The molecule has 0 bridgehead atoms. The number of nitriles is 1. The van der Waals surface area contributed by atoms with Crippen LogP contribution in [-0.4, -0.2) is 45.0 Å². The van der Waals surface area contributed by atoms with E-state index < -0.39 is 24.0 Å². The number of methoxy groups -OCH3 is 1. The number of carbonyl (C=O) groups is 1. The minimum absolute atomic E-state index is 0.0256. The number of benzene rings is 1. The highest BCUT2D eigenvalue weighted by Gasteiger charge is 2.40. The standard InChI is InChI=1S/C22H17F4N5O3/c1-12(22(24,25)26)34-17-5-3-13(7-27)20(33-2)19(17)21(32)30-9-14-10-31(29-16(14)11-30)18-6-4-15(23)8-28-18/h3-6,8,10,12H,9,11H2,1-2H3. The first-order valence-corrected chi connectivity index (χ1v) is 9.95. The maximum absolute atomic E-state index is 13.4. The number of fused-ring (bicyclic) bond motifs is 1. The van der Waals surface area contributed by atoms with Crippen molar-refractivity contribution < 1.29 is 31.8 Å². The van der Waals surface area contributed by atoms with Gasteiger partial charge in [0.25, 0.3) is 5.91 Å². The number of nitrogens with zero attached hydrogens (tertiary/aromatic N) is 5. The molecule has 176 valence electrons. The van der Waals surface area contributed by atoms with E-state index in [9.17, 15) is 27.6 Å². The molecule has 1 aliphatic heterocycles. The van der Waals surface area contributed by atoms with Gasteiger partial charge in [-0.1, -0.05) is 0 Å². The Hall–Kier alpha value is -4.14. The molecular formula is C22H17F4N5O3. The summed E-state index contributed by atoms with van der Waals surface area (Å²) in [5.41, 5.74) is 0.917. The van der Waals surface area contributed by atoms with Crippen LogP contribution in [0.2, 0.25) is 0 Å². The molecule has 0 fully saturated rings. The highest BCUT2D eigenvalue weighted by molar-refractivity contribution is 6.00. The van der Waals surface area contributed by atoms with Crippen molar-refractivity contribution >= 4 is 5.91 Å². The predicted molar refractivity (Wildman–Crippen MR) is 109 cm³/mol. The van der Waals surface area contributed by atoms with Gasteiger partial charge in [0.1, 0.15) is 23.2 Å². The number of pyridine rings is 1. The van der Waals surface area contributed by atoms with Crippen molar-refractivity contribution in [2.45, 2.75) is 32.3 Å². The van der Waals surface area contributed by atoms with Gasteiger partial charge in [0.15, 0.2) is 17.7 Å². The molecule has 34 heavy (non-hydrogen) atoms. The first-order chi connectivity index (χ1) is 16.1. The van der Waals surface area contributed by atoms with E-state index in [0.29, 0.717) is 17.1 Å². The number of hydrogen-bond donors (Lipinski definition) is 0. The third-order valence-corrected chi connectivity index (χ3v) is 5.24. The smallest absolute Gasteiger partial charge is 0.425 e. The van der Waals surface area contributed by atoms with Gasteiger partial charge in [0.2, 0.25) is 0 Å². The van der Waals surface area contributed by atoms with Crippen molar-refractivity contribution in [1.82, 2.24) is 19.7 Å². The van der Waals surface area contributed by atoms with Crippen molar-refractivity contribution in [3.8, 4) is 23.4 Å². The fraction of sp³-hybridized carbons (Fsp3) is 0.273. The highest BCUT2D eigenvalue weighted by atomic mass is 19.4. The van der Waals surface area contributed by atoms with Crippen LogP contribution >= 0.6 is 0 Å². The molecule has 0 spiro atoms. The molecule has 0 saturated carbocycles. The number of hydrogen-bond acceptors (Lipinski definition) is 6. The lowest BCUT2D eigenvalue weighted by Gasteiger charge is -2.23. The fourth-order valence-electron chi connectivity index (χ4n) is 3.50. The number of halogens is 4. The molecule has 8 nitrogen and oxygen atoms in total. The largest absolute Gasteiger partial charge is 0.494 e. The zero-order chi connectivity index (χ0) is 24.6. The van der Waals surface area contributed by atoms with Crippen LogP contribution in [-0.2, 0) is 13.1 Å². The monoisotopic (exact) mass is 475 g/mol. The number of alkyl halides is 3. The van der Waals surface area contributed by atoms with Crippen LogP contribution in [0.1, 0.15) is 34.1 Å². The fourth-order valence-corrected chi connectivity index (χ4v) is 3.50. The van der Waals surface area contributed by atoms with Crippen LogP contribution in [0.3, 0.4) is 0 Å². The first-order valence-electron chi connectivity index (χ1n) is 9.95. The van der Waals surface area contributed by atoms with Crippen LogP contribution in [0.4, 0.5) is 17.6 Å². The quantitative estimate of drug-likeness (QED) is 0.522. The van der Waals surface area contributed by atoms with Gasteiger partial charge < -0.3 is 14.4 Å². The maximum Gasteiger partial charge on any atom is 0.425 e. The van der Waals surface area contributed by atoms with E-state index in [1.54, 1.807) is 6.20 Å². The summed E-state index contributed by atoms with van der Waals surface area (Å²) in [6.07, 6.45) is -4.17. The minimum Gasteiger partial charge on any atom is -0.494 e. The third kappa shape index (κ3) is 4.24. The summed E-state index contributed by atoms with van der Waals surface area (Å²) in [5.74, 6) is -1.32. The minimum atomic E-state index is -4.66. The number of aromatic nitrogens is 3. The molecule has 3 aromatic rings. The zero-order valence-electron chi connectivity index (χ0n) is 17.9. The Balaban J connectivity index is 1.64. The summed E-state index contributed by atoms with van der Waals surface area (Å²) < 4.78 is 64.1. The van der Waals surface area contributed by atoms with E-state index in [-0.39, 0.29) is 35.7 Å². The summed E-state index contributed by atoms with van der Waals surface area (Å²) >= 11 is 0. The lowest BCUT2D eigenvalue weighted by molar-refractivity contribution is -0.189. The second kappa shape index (κ2) is 8.66. The van der Waals surface area contributed by atoms with Crippen molar-refractivity contribution in [2.75, 3.05) is 7.11 Å². The normalized spacial score (nSPS) is 13.9. The van der Waals surface area contributed by atoms with E-state index in [0.717, 1.165) is 19.2 Å². The van der Waals surface area contributed by atoms with E-state index >= 15 is 0 Å². The van der Waals surface area contributed by atoms with E-state index in [4.69, 9.17) is 9.47 Å². The molecule has 0 aliphatic carbocycles. The number of carbonyl (C=O) groups excluding carboxylic acids is 1. The topological polar surface area (TPSA) is 93.3 Å². The number of rotatable bonds is 5. The van der Waals surface area contributed by atoms with Crippen molar-refractivity contribution in [3.63, 3.8) is 0 Å². The van der Waals surface area contributed by atoms with Crippen LogP contribution in [0.25, 0.3) is 5.82 Å². The van der Waals surface area contributed by atoms with Gasteiger partial charge in [-0.2, -0.15) is 23.5 Å². The summed E-state index contributed by atoms with van der Waals surface area (Å²) in [5, 5.41) is 13.7. The summed E-state index contributed by atoms with van der Waals surface area (Å²) in [6.45, 7) is 0.969. The molecule has 0 N–H and O–H groups in total. The second-order valence-electron chi connectivity index (χ2n) is 7.47. The van der Waals surface area contributed by atoms with Crippen LogP contribution in [0, 0.1) is 17.1 Å². The van der Waals surface area contributed by atoms with Crippen molar-refractivity contribution in [2.24, 2.45) is 0 Å². The molecule has 1 aliphatic rings. The number of ether oxygens (including phenoxy) is 2. The molecule has 1 atom stereocenters. The lowest BCUT2D eigenvalue weighted by atomic mass is 10.1. The second-order valence-corrected chi connectivity index (χ2v) is 7.47. The van der Waals surface area contributed by atoms with Gasteiger partial charge in [0, 0.05) is 18.3 Å². The summed E-state index contributed by atoms with van der Waals surface area (Å²) in [7, 11) is 1.21. The van der Waals surface area contributed by atoms with Crippen LogP contribution < -0.4 is 9.47 Å². The Bertz CT molecular complexity index is 1260. The van der Waals surface area contributed by atoms with Gasteiger partial charge in [-0.05, 0) is 31.2 Å². The molecule has 0 saturated heterocycles. The summed E-state index contributed by atoms with van der Waals surface area (Å²) in [4.78, 5) is 18.7. The Morgan fingerprint density at radius 2 is 2.00 bits per heavy atom. The highest BCUT2D eigenvalue weighted by Crippen LogP contribution is 2.37. The molecule has 2 aromatic heterocycles. The Kier molecular flexibility index (Phi) is 5.87. The molecule has 3 heterocycles. The van der Waals surface area contributed by atoms with Gasteiger partial charge in [-0.15, -0.1) is 0 Å². The van der Waals surface area contributed by atoms with Crippen LogP contribution in [0.15, 0.2) is 36.7 Å². The Morgan fingerprint density at radius 3 is 2.59 bits per heavy atom. The third-order valence-electron chi connectivity index (χ3n) is 5.24.